The second-order valence-corrected chi connectivity index (χ2v) is 7.59. The molecule has 0 amide bonds. The lowest BCUT2D eigenvalue weighted by Crippen LogP contribution is -2.05. The summed E-state index contributed by atoms with van der Waals surface area (Å²) >= 11 is 0. The maximum Gasteiger partial charge on any atom is 0.151 e. The van der Waals surface area contributed by atoms with Gasteiger partial charge in [0, 0.05) is 6.61 Å². The number of ether oxygens (including phenoxy) is 2. The minimum Gasteiger partial charge on any atom is -0.377 e. The van der Waals surface area contributed by atoms with Gasteiger partial charge in [-0.1, -0.05) is 68.0 Å². The van der Waals surface area contributed by atoms with Crippen molar-refractivity contribution in [2.45, 2.75) is 58.8 Å². The van der Waals surface area contributed by atoms with Crippen molar-refractivity contribution in [1.82, 2.24) is 0 Å². The number of carbonyl (C=O) groups is 1. The predicted octanol–water partition coefficient (Wildman–Crippen LogP) is 5.11. The van der Waals surface area contributed by atoms with E-state index in [1.807, 2.05) is 18.2 Å². The molecule has 0 aromatic heterocycles. The fourth-order valence-corrected chi connectivity index (χ4v) is 3.17. The van der Waals surface area contributed by atoms with Crippen LogP contribution in [0.5, 0.6) is 0 Å². The van der Waals surface area contributed by atoms with Gasteiger partial charge in [0.05, 0.1) is 12.7 Å². The Balaban J connectivity index is 1.64. The average Bonchev–Trinajstić information content (AvgIpc) is 3.37. The number of epoxide rings is 1. The third-order valence-electron chi connectivity index (χ3n) is 5.02. The zero-order valence-corrected chi connectivity index (χ0v) is 16.3. The summed E-state index contributed by atoms with van der Waals surface area (Å²) in [6.07, 6.45) is 5.95. The molecule has 4 atom stereocenters. The first kappa shape index (κ1) is 20.6. The van der Waals surface area contributed by atoms with Gasteiger partial charge in [0.15, 0.2) is 6.29 Å². The lowest BCUT2D eigenvalue weighted by molar-refractivity contribution is -0.108. The zero-order valence-electron chi connectivity index (χ0n) is 16.3. The van der Waals surface area contributed by atoms with E-state index in [9.17, 15) is 4.79 Å². The van der Waals surface area contributed by atoms with E-state index < -0.39 is 0 Å². The van der Waals surface area contributed by atoms with Gasteiger partial charge in [-0.25, -0.2) is 0 Å². The number of carbonyl (C=O) groups excluding carboxylic acids is 1. The van der Waals surface area contributed by atoms with Gasteiger partial charge in [0.25, 0.3) is 0 Å². The molecule has 1 aliphatic rings. The maximum atomic E-state index is 10.6. The van der Waals surface area contributed by atoms with Gasteiger partial charge >= 0.3 is 0 Å². The summed E-state index contributed by atoms with van der Waals surface area (Å²) in [5.74, 6) is 0.954. The maximum absolute atomic E-state index is 10.6. The normalized spacial score (nSPS) is 21.9. The number of benzene rings is 1. The molecule has 0 bridgehead atoms. The Bertz CT molecular complexity index is 605. The molecule has 1 aromatic rings. The summed E-state index contributed by atoms with van der Waals surface area (Å²) in [5, 5.41) is 0. The molecule has 0 saturated carbocycles. The molecular formula is C23H32O3. The third-order valence-corrected chi connectivity index (χ3v) is 5.02. The van der Waals surface area contributed by atoms with Crippen molar-refractivity contribution in [3.8, 4) is 0 Å². The Morgan fingerprint density at radius 2 is 2.04 bits per heavy atom. The quantitative estimate of drug-likeness (QED) is 0.226. The first-order valence-corrected chi connectivity index (χ1v) is 9.58. The Labute approximate surface area is 158 Å². The van der Waals surface area contributed by atoms with Crippen LogP contribution in [0, 0.1) is 11.8 Å². The Kier molecular flexibility index (Phi) is 8.27. The molecule has 142 valence electrons. The second kappa shape index (κ2) is 10.4. The summed E-state index contributed by atoms with van der Waals surface area (Å²) < 4.78 is 11.1. The van der Waals surface area contributed by atoms with Gasteiger partial charge in [0.2, 0.25) is 0 Å². The van der Waals surface area contributed by atoms with Gasteiger partial charge in [-0.3, -0.25) is 0 Å². The predicted molar refractivity (Wildman–Crippen MR) is 106 cm³/mol. The zero-order chi connectivity index (χ0) is 18.9. The molecule has 1 fully saturated rings. The van der Waals surface area contributed by atoms with Crippen LogP contribution < -0.4 is 0 Å². The van der Waals surface area contributed by atoms with E-state index in [2.05, 4.69) is 45.6 Å². The van der Waals surface area contributed by atoms with E-state index in [1.54, 1.807) is 0 Å². The summed E-state index contributed by atoms with van der Waals surface area (Å²) in [7, 11) is 0. The van der Waals surface area contributed by atoms with Gasteiger partial charge < -0.3 is 14.3 Å². The van der Waals surface area contributed by atoms with Crippen molar-refractivity contribution >= 4 is 6.29 Å². The van der Waals surface area contributed by atoms with E-state index in [1.165, 1.54) is 11.1 Å². The first-order valence-electron chi connectivity index (χ1n) is 9.58. The molecule has 1 aromatic carbocycles. The van der Waals surface area contributed by atoms with Crippen LogP contribution in [0.1, 0.15) is 45.6 Å². The molecule has 1 heterocycles. The van der Waals surface area contributed by atoms with Crippen LogP contribution in [0.4, 0.5) is 0 Å². The van der Waals surface area contributed by atoms with E-state index in [0.717, 1.165) is 37.7 Å². The highest BCUT2D eigenvalue weighted by Crippen LogP contribution is 2.29. The van der Waals surface area contributed by atoms with Crippen molar-refractivity contribution in [2.75, 3.05) is 6.61 Å². The molecule has 0 unspecified atom stereocenters. The Hall–Kier alpha value is -1.71. The average molecular weight is 357 g/mol. The molecule has 0 aliphatic carbocycles. The lowest BCUT2D eigenvalue weighted by Gasteiger charge is -2.15. The summed E-state index contributed by atoms with van der Waals surface area (Å²) in [5.41, 5.74) is 3.71. The monoisotopic (exact) mass is 356 g/mol. The Morgan fingerprint density at radius 3 is 2.69 bits per heavy atom. The van der Waals surface area contributed by atoms with E-state index in [-0.39, 0.29) is 12.2 Å². The van der Waals surface area contributed by atoms with Crippen LogP contribution in [0.3, 0.4) is 0 Å². The Morgan fingerprint density at radius 1 is 1.31 bits per heavy atom. The van der Waals surface area contributed by atoms with Crippen molar-refractivity contribution in [3.05, 3.63) is 59.7 Å². The highest BCUT2D eigenvalue weighted by Gasteiger charge is 2.39. The SMILES string of the molecule is C=C(/C=C(\C)[C@@H](C)CCOCc1ccccc1)C[C@@H](C)C[C@H]1O[C@@H]1C=O. The molecule has 0 radical (unpaired) electrons. The summed E-state index contributed by atoms with van der Waals surface area (Å²) in [4.78, 5) is 10.6. The number of hydrogen-bond donors (Lipinski definition) is 0. The number of aldehydes is 1. The van der Waals surface area contributed by atoms with Crippen molar-refractivity contribution in [2.24, 2.45) is 11.8 Å². The third kappa shape index (κ3) is 7.27. The number of rotatable bonds is 12. The summed E-state index contributed by atoms with van der Waals surface area (Å²) in [6.45, 7) is 12.2. The van der Waals surface area contributed by atoms with Crippen molar-refractivity contribution in [1.29, 1.82) is 0 Å². The van der Waals surface area contributed by atoms with E-state index in [4.69, 9.17) is 9.47 Å². The first-order chi connectivity index (χ1) is 12.5. The van der Waals surface area contributed by atoms with Crippen LogP contribution in [0.2, 0.25) is 0 Å². The van der Waals surface area contributed by atoms with Crippen LogP contribution in [0.15, 0.2) is 54.1 Å². The highest BCUT2D eigenvalue weighted by atomic mass is 16.6. The minimum atomic E-state index is -0.168. The molecule has 1 aliphatic heterocycles. The smallest absolute Gasteiger partial charge is 0.151 e. The van der Waals surface area contributed by atoms with Gasteiger partial charge in [-0.15, -0.1) is 0 Å². The molecule has 3 nitrogen and oxygen atoms in total. The molecule has 0 N–H and O–H groups in total. The molecule has 0 spiro atoms. The molecule has 2 rings (SSSR count). The molecule has 3 heteroatoms. The fraction of sp³-hybridized carbons (Fsp3) is 0.522. The highest BCUT2D eigenvalue weighted by molar-refractivity contribution is 5.60. The van der Waals surface area contributed by atoms with Crippen LogP contribution in [0.25, 0.3) is 0 Å². The lowest BCUT2D eigenvalue weighted by atomic mass is 9.92. The molecule has 26 heavy (non-hydrogen) atoms. The van der Waals surface area contributed by atoms with Crippen LogP contribution in [-0.4, -0.2) is 25.1 Å². The van der Waals surface area contributed by atoms with Crippen LogP contribution in [-0.2, 0) is 20.9 Å². The topological polar surface area (TPSA) is 38.8 Å². The molecule has 1 saturated heterocycles. The standard InChI is InChI=1S/C23H32O3/c1-17(12-18(2)14-22-23(15-24)26-22)13-20(4)19(3)10-11-25-16-21-8-6-5-7-9-21/h5-9,13,15,18-19,22-23H,1,10-12,14,16H2,2-4H3/b20-13+/t18-,19+,22-,23-/m1/s1. The van der Waals surface area contributed by atoms with Gasteiger partial charge in [-0.2, -0.15) is 0 Å². The van der Waals surface area contributed by atoms with Crippen molar-refractivity contribution < 1.29 is 14.3 Å². The minimum absolute atomic E-state index is 0.126. The van der Waals surface area contributed by atoms with E-state index >= 15 is 0 Å². The van der Waals surface area contributed by atoms with E-state index in [0.29, 0.717) is 18.4 Å². The summed E-state index contributed by atoms with van der Waals surface area (Å²) in [6, 6.07) is 10.3. The number of hydrogen-bond acceptors (Lipinski definition) is 3. The largest absolute Gasteiger partial charge is 0.377 e. The van der Waals surface area contributed by atoms with Crippen LogP contribution >= 0.6 is 0 Å². The second-order valence-electron chi connectivity index (χ2n) is 7.59. The van der Waals surface area contributed by atoms with Gasteiger partial charge in [-0.05, 0) is 43.6 Å². The fourth-order valence-electron chi connectivity index (χ4n) is 3.17. The molecular weight excluding hydrogens is 324 g/mol. The number of allylic oxidation sites excluding steroid dienone is 3. The van der Waals surface area contributed by atoms with Crippen molar-refractivity contribution in [3.63, 3.8) is 0 Å². The van der Waals surface area contributed by atoms with Gasteiger partial charge in [0.1, 0.15) is 6.10 Å².